The molecule has 0 fully saturated rings. The van der Waals surface area contributed by atoms with Crippen molar-refractivity contribution in [3.05, 3.63) is 53.3 Å². The van der Waals surface area contributed by atoms with Crippen LogP contribution in [0, 0.1) is 6.92 Å². The van der Waals surface area contributed by atoms with Gasteiger partial charge in [-0.05, 0) is 25.0 Å². The fourth-order valence-electron chi connectivity index (χ4n) is 2.10. The number of aryl methyl sites for hydroxylation is 1. The number of amides is 1. The summed E-state index contributed by atoms with van der Waals surface area (Å²) in [6.45, 7) is 5.24. The zero-order valence-corrected chi connectivity index (χ0v) is 13.3. The summed E-state index contributed by atoms with van der Waals surface area (Å²) < 4.78 is 0. The van der Waals surface area contributed by atoms with Crippen molar-refractivity contribution >= 4 is 11.9 Å². The van der Waals surface area contributed by atoms with Crippen LogP contribution in [0.1, 0.15) is 35.1 Å². The van der Waals surface area contributed by atoms with E-state index >= 15 is 0 Å². The molecule has 1 aromatic carbocycles. The molecule has 116 valence electrons. The van der Waals surface area contributed by atoms with Crippen LogP contribution < -0.4 is 10.2 Å². The predicted molar refractivity (Wildman–Crippen MR) is 87.9 cm³/mol. The van der Waals surface area contributed by atoms with Gasteiger partial charge >= 0.3 is 0 Å². The minimum Gasteiger partial charge on any atom is -0.351 e. The van der Waals surface area contributed by atoms with Crippen LogP contribution in [0.2, 0.25) is 0 Å². The number of carbonyl (C=O) groups is 1. The van der Waals surface area contributed by atoms with Gasteiger partial charge in [-0.1, -0.05) is 37.3 Å². The summed E-state index contributed by atoms with van der Waals surface area (Å²) in [5.74, 6) is 0.409. The van der Waals surface area contributed by atoms with E-state index in [1.807, 2.05) is 44.0 Å². The van der Waals surface area contributed by atoms with Gasteiger partial charge in [0.2, 0.25) is 5.95 Å². The lowest BCUT2D eigenvalue weighted by molar-refractivity contribution is 0.0948. The third-order valence-corrected chi connectivity index (χ3v) is 3.21. The average molecular weight is 298 g/mol. The van der Waals surface area contributed by atoms with E-state index in [1.54, 1.807) is 6.07 Å². The van der Waals surface area contributed by atoms with E-state index in [1.165, 1.54) is 5.56 Å². The molecule has 0 saturated carbocycles. The maximum atomic E-state index is 12.1. The predicted octanol–water partition coefficient (Wildman–Crippen LogP) is 2.56. The molecule has 2 aromatic rings. The third kappa shape index (κ3) is 4.28. The number of nitrogens with one attached hydrogen (secondary N) is 1. The lowest BCUT2D eigenvalue weighted by Gasteiger charge is -2.18. The van der Waals surface area contributed by atoms with Crippen LogP contribution >= 0.6 is 0 Å². The summed E-state index contributed by atoms with van der Waals surface area (Å²) in [6.07, 6.45) is 0.899. The Morgan fingerprint density at radius 1 is 1.23 bits per heavy atom. The van der Waals surface area contributed by atoms with Gasteiger partial charge in [0.15, 0.2) is 0 Å². The van der Waals surface area contributed by atoms with Gasteiger partial charge in [-0.15, -0.1) is 0 Å². The molecule has 0 radical (unpaired) electrons. The molecule has 2 rings (SSSR count). The fourth-order valence-corrected chi connectivity index (χ4v) is 2.10. The van der Waals surface area contributed by atoms with Gasteiger partial charge in [0, 0.05) is 25.8 Å². The first kappa shape index (κ1) is 15.9. The van der Waals surface area contributed by atoms with E-state index < -0.39 is 0 Å². The third-order valence-electron chi connectivity index (χ3n) is 3.21. The molecule has 0 aliphatic heterocycles. The van der Waals surface area contributed by atoms with Gasteiger partial charge in [-0.25, -0.2) is 9.97 Å². The average Bonchev–Trinajstić information content (AvgIpc) is 2.53. The van der Waals surface area contributed by atoms with Crippen molar-refractivity contribution in [3.63, 3.8) is 0 Å². The molecule has 5 heteroatoms. The smallest absolute Gasteiger partial charge is 0.270 e. The summed E-state index contributed by atoms with van der Waals surface area (Å²) in [6, 6.07) is 11.8. The normalized spacial score (nSPS) is 10.3. The number of aromatic nitrogens is 2. The lowest BCUT2D eigenvalue weighted by Crippen LogP contribution is -2.27. The zero-order chi connectivity index (χ0) is 15.9. The standard InChI is InChI=1S/C17H22N4O/c1-4-10-18-16(22)15-11-13(2)19-17(20-15)21(3)12-14-8-6-5-7-9-14/h5-9,11H,4,10,12H2,1-3H3,(H,18,22). The van der Waals surface area contributed by atoms with Crippen LogP contribution in [0.25, 0.3) is 0 Å². The van der Waals surface area contributed by atoms with Crippen molar-refractivity contribution in [1.29, 1.82) is 0 Å². The Morgan fingerprint density at radius 2 is 1.95 bits per heavy atom. The first-order valence-corrected chi connectivity index (χ1v) is 7.49. The molecule has 0 unspecified atom stereocenters. The van der Waals surface area contributed by atoms with Crippen molar-refractivity contribution in [2.45, 2.75) is 26.8 Å². The van der Waals surface area contributed by atoms with Crippen LogP contribution in [0.15, 0.2) is 36.4 Å². The summed E-state index contributed by atoms with van der Waals surface area (Å²) >= 11 is 0. The van der Waals surface area contributed by atoms with Crippen LogP contribution in [0.4, 0.5) is 5.95 Å². The minimum absolute atomic E-state index is 0.151. The van der Waals surface area contributed by atoms with Crippen molar-refractivity contribution in [1.82, 2.24) is 15.3 Å². The molecule has 5 nitrogen and oxygen atoms in total. The highest BCUT2D eigenvalue weighted by molar-refractivity contribution is 5.92. The fraction of sp³-hybridized carbons (Fsp3) is 0.353. The first-order chi connectivity index (χ1) is 10.6. The summed E-state index contributed by atoms with van der Waals surface area (Å²) in [4.78, 5) is 22.8. The highest BCUT2D eigenvalue weighted by Gasteiger charge is 2.12. The van der Waals surface area contributed by atoms with Gasteiger partial charge in [-0.2, -0.15) is 0 Å². The van der Waals surface area contributed by atoms with E-state index in [-0.39, 0.29) is 5.91 Å². The van der Waals surface area contributed by atoms with Crippen LogP contribution in [-0.4, -0.2) is 29.5 Å². The second-order valence-electron chi connectivity index (χ2n) is 5.29. The minimum atomic E-state index is -0.151. The summed E-state index contributed by atoms with van der Waals surface area (Å²) in [5.41, 5.74) is 2.37. The Balaban J connectivity index is 2.16. The SMILES string of the molecule is CCCNC(=O)c1cc(C)nc(N(C)Cc2ccccc2)n1. The zero-order valence-electron chi connectivity index (χ0n) is 13.3. The van der Waals surface area contributed by atoms with Gasteiger partial charge in [0.25, 0.3) is 5.91 Å². The number of benzene rings is 1. The van der Waals surface area contributed by atoms with Crippen LogP contribution in [0.3, 0.4) is 0 Å². The van der Waals surface area contributed by atoms with E-state index in [2.05, 4.69) is 27.4 Å². The van der Waals surface area contributed by atoms with Crippen LogP contribution in [-0.2, 0) is 6.54 Å². The Hall–Kier alpha value is -2.43. The quantitative estimate of drug-likeness (QED) is 0.890. The molecule has 1 heterocycles. The second kappa shape index (κ2) is 7.54. The largest absolute Gasteiger partial charge is 0.351 e. The second-order valence-corrected chi connectivity index (χ2v) is 5.29. The van der Waals surface area contributed by atoms with Gasteiger partial charge < -0.3 is 10.2 Å². The maximum Gasteiger partial charge on any atom is 0.270 e. The molecule has 1 amide bonds. The first-order valence-electron chi connectivity index (χ1n) is 7.49. The molecule has 22 heavy (non-hydrogen) atoms. The highest BCUT2D eigenvalue weighted by Crippen LogP contribution is 2.12. The monoisotopic (exact) mass is 298 g/mol. The summed E-state index contributed by atoms with van der Waals surface area (Å²) in [5, 5.41) is 2.84. The van der Waals surface area contributed by atoms with E-state index in [9.17, 15) is 4.79 Å². The number of anilines is 1. The molecule has 0 bridgehead atoms. The molecule has 0 aliphatic rings. The molecular formula is C17H22N4O. The van der Waals surface area contributed by atoms with E-state index in [0.29, 0.717) is 24.7 Å². The van der Waals surface area contributed by atoms with E-state index in [4.69, 9.17) is 0 Å². The molecular weight excluding hydrogens is 276 g/mol. The van der Waals surface area contributed by atoms with E-state index in [0.717, 1.165) is 12.1 Å². The number of rotatable bonds is 6. The molecule has 1 aromatic heterocycles. The van der Waals surface area contributed by atoms with Crippen molar-refractivity contribution < 1.29 is 4.79 Å². The number of nitrogens with zero attached hydrogens (tertiary/aromatic N) is 3. The Bertz CT molecular complexity index is 628. The van der Waals surface area contributed by atoms with Crippen LogP contribution in [0.5, 0.6) is 0 Å². The molecule has 0 atom stereocenters. The molecule has 0 saturated heterocycles. The van der Waals surface area contributed by atoms with Gasteiger partial charge in [0.05, 0.1) is 0 Å². The lowest BCUT2D eigenvalue weighted by atomic mass is 10.2. The number of hydrogen-bond donors (Lipinski definition) is 1. The molecule has 1 N–H and O–H groups in total. The number of carbonyl (C=O) groups excluding carboxylic acids is 1. The topological polar surface area (TPSA) is 58.1 Å². The molecule has 0 aliphatic carbocycles. The van der Waals surface area contributed by atoms with Crippen molar-refractivity contribution in [2.24, 2.45) is 0 Å². The Kier molecular flexibility index (Phi) is 5.47. The molecule has 0 spiro atoms. The maximum absolute atomic E-state index is 12.1. The van der Waals surface area contributed by atoms with Crippen molar-refractivity contribution in [3.8, 4) is 0 Å². The van der Waals surface area contributed by atoms with Gasteiger partial charge in [0.1, 0.15) is 5.69 Å². The van der Waals surface area contributed by atoms with Gasteiger partial charge in [-0.3, -0.25) is 4.79 Å². The number of hydrogen-bond acceptors (Lipinski definition) is 4. The van der Waals surface area contributed by atoms with Crippen molar-refractivity contribution in [2.75, 3.05) is 18.5 Å². The summed E-state index contributed by atoms with van der Waals surface area (Å²) in [7, 11) is 1.93. The highest BCUT2D eigenvalue weighted by atomic mass is 16.1. The Morgan fingerprint density at radius 3 is 2.64 bits per heavy atom. The Labute approximate surface area is 131 Å².